The number of nitrogens with one attached hydrogen (secondary N) is 1. The average Bonchev–Trinajstić information content (AvgIpc) is 2.92. The molecule has 1 aromatic carbocycles. The van der Waals surface area contributed by atoms with Crippen molar-refractivity contribution < 1.29 is 23.5 Å². The fraction of sp³-hybridized carbons (Fsp3) is 0.250. The lowest BCUT2D eigenvalue weighted by Crippen LogP contribution is -2.12. The molecule has 2 rings (SSSR count). The van der Waals surface area contributed by atoms with Crippen molar-refractivity contribution in [1.82, 2.24) is 0 Å². The number of carboxylic acid groups (broad SMARTS) is 1. The standard InChI is InChI=1S/C16H16FNO4/c1-3-9-8-14(22-13(9)4-2)15(19)18-12-6-5-10(16(20)21)7-11(12)17/h5-8H,3-4H2,1-2H3,(H,18,19)(H,20,21). The Morgan fingerprint density at radius 2 is 1.95 bits per heavy atom. The monoisotopic (exact) mass is 305 g/mol. The molecule has 1 aromatic heterocycles. The number of aromatic carboxylic acids is 1. The fourth-order valence-electron chi connectivity index (χ4n) is 2.11. The van der Waals surface area contributed by atoms with Gasteiger partial charge < -0.3 is 14.8 Å². The number of hydrogen-bond donors (Lipinski definition) is 2. The van der Waals surface area contributed by atoms with Crippen LogP contribution in [0.1, 0.15) is 46.1 Å². The number of halogens is 1. The summed E-state index contributed by atoms with van der Waals surface area (Å²) >= 11 is 0. The van der Waals surface area contributed by atoms with E-state index in [1.165, 1.54) is 12.1 Å². The van der Waals surface area contributed by atoms with E-state index in [1.54, 1.807) is 6.07 Å². The van der Waals surface area contributed by atoms with Crippen molar-refractivity contribution in [3.05, 3.63) is 52.7 Å². The van der Waals surface area contributed by atoms with Gasteiger partial charge in [-0.3, -0.25) is 4.79 Å². The molecule has 22 heavy (non-hydrogen) atoms. The Hall–Kier alpha value is -2.63. The van der Waals surface area contributed by atoms with Crippen LogP contribution in [-0.4, -0.2) is 17.0 Å². The van der Waals surface area contributed by atoms with Crippen LogP contribution in [0, 0.1) is 5.82 Å². The van der Waals surface area contributed by atoms with E-state index >= 15 is 0 Å². The van der Waals surface area contributed by atoms with Gasteiger partial charge >= 0.3 is 5.97 Å². The van der Waals surface area contributed by atoms with Crippen molar-refractivity contribution in [1.29, 1.82) is 0 Å². The highest BCUT2D eigenvalue weighted by Crippen LogP contribution is 2.20. The highest BCUT2D eigenvalue weighted by molar-refractivity contribution is 6.02. The summed E-state index contributed by atoms with van der Waals surface area (Å²) in [4.78, 5) is 22.8. The molecular formula is C16H16FNO4. The minimum Gasteiger partial charge on any atom is -0.478 e. The third-order valence-electron chi connectivity index (χ3n) is 3.29. The average molecular weight is 305 g/mol. The number of carbonyl (C=O) groups is 2. The summed E-state index contributed by atoms with van der Waals surface area (Å²) in [5, 5.41) is 11.2. The van der Waals surface area contributed by atoms with E-state index in [4.69, 9.17) is 9.52 Å². The van der Waals surface area contributed by atoms with E-state index in [9.17, 15) is 14.0 Å². The summed E-state index contributed by atoms with van der Waals surface area (Å²) in [5.41, 5.74) is 0.659. The van der Waals surface area contributed by atoms with Gasteiger partial charge in [0.2, 0.25) is 0 Å². The highest BCUT2D eigenvalue weighted by Gasteiger charge is 2.17. The number of hydrogen-bond acceptors (Lipinski definition) is 3. The van der Waals surface area contributed by atoms with Crippen LogP contribution in [0.25, 0.3) is 0 Å². The van der Waals surface area contributed by atoms with Gasteiger partial charge in [0.1, 0.15) is 11.6 Å². The number of rotatable bonds is 5. The second kappa shape index (κ2) is 6.43. The van der Waals surface area contributed by atoms with Crippen LogP contribution in [0.5, 0.6) is 0 Å². The Morgan fingerprint density at radius 3 is 2.45 bits per heavy atom. The van der Waals surface area contributed by atoms with Crippen LogP contribution in [0.3, 0.4) is 0 Å². The molecule has 5 nitrogen and oxygen atoms in total. The third kappa shape index (κ3) is 3.16. The first-order chi connectivity index (χ1) is 10.5. The van der Waals surface area contributed by atoms with Crippen molar-refractivity contribution in [2.45, 2.75) is 26.7 Å². The molecule has 0 bridgehead atoms. The van der Waals surface area contributed by atoms with Crippen LogP contribution in [-0.2, 0) is 12.8 Å². The minimum absolute atomic E-state index is 0.0949. The number of carbonyl (C=O) groups excluding carboxylic acids is 1. The smallest absolute Gasteiger partial charge is 0.335 e. The molecule has 116 valence electrons. The Kier molecular flexibility index (Phi) is 4.60. The topological polar surface area (TPSA) is 79.5 Å². The zero-order valence-electron chi connectivity index (χ0n) is 12.3. The molecule has 0 aliphatic heterocycles. The molecule has 0 radical (unpaired) electrons. The maximum atomic E-state index is 13.8. The molecule has 0 atom stereocenters. The summed E-state index contributed by atoms with van der Waals surface area (Å²) in [6.07, 6.45) is 1.40. The lowest BCUT2D eigenvalue weighted by Gasteiger charge is -2.05. The van der Waals surface area contributed by atoms with Crippen molar-refractivity contribution in [3.8, 4) is 0 Å². The number of anilines is 1. The van der Waals surface area contributed by atoms with Gasteiger partial charge in [0, 0.05) is 6.42 Å². The van der Waals surface area contributed by atoms with E-state index in [1.807, 2.05) is 13.8 Å². The molecule has 0 aliphatic carbocycles. The Balaban J connectivity index is 2.22. The summed E-state index contributed by atoms with van der Waals surface area (Å²) in [6.45, 7) is 3.87. The quantitative estimate of drug-likeness (QED) is 0.886. The van der Waals surface area contributed by atoms with E-state index in [-0.39, 0.29) is 17.0 Å². The highest BCUT2D eigenvalue weighted by atomic mass is 19.1. The van der Waals surface area contributed by atoms with Crippen LogP contribution in [0.15, 0.2) is 28.7 Å². The van der Waals surface area contributed by atoms with Gasteiger partial charge in [-0.05, 0) is 36.2 Å². The Bertz CT molecular complexity index is 699. The zero-order valence-corrected chi connectivity index (χ0v) is 12.3. The van der Waals surface area contributed by atoms with Crippen molar-refractivity contribution in [2.75, 3.05) is 5.32 Å². The molecule has 0 fully saturated rings. The predicted octanol–water partition coefficient (Wildman–Crippen LogP) is 3.49. The second-order valence-corrected chi connectivity index (χ2v) is 4.72. The van der Waals surface area contributed by atoms with Gasteiger partial charge in [-0.1, -0.05) is 13.8 Å². The largest absolute Gasteiger partial charge is 0.478 e. The maximum absolute atomic E-state index is 13.8. The molecule has 0 spiro atoms. The molecular weight excluding hydrogens is 289 g/mol. The first kappa shape index (κ1) is 15.8. The fourth-order valence-corrected chi connectivity index (χ4v) is 2.11. The Morgan fingerprint density at radius 1 is 1.23 bits per heavy atom. The van der Waals surface area contributed by atoms with Gasteiger partial charge in [0.15, 0.2) is 5.76 Å². The molecule has 6 heteroatoms. The number of benzene rings is 1. The normalized spacial score (nSPS) is 10.5. The molecule has 0 aliphatic rings. The van der Waals surface area contributed by atoms with Crippen molar-refractivity contribution in [3.63, 3.8) is 0 Å². The molecule has 1 heterocycles. The van der Waals surface area contributed by atoms with E-state index < -0.39 is 17.7 Å². The van der Waals surface area contributed by atoms with E-state index in [0.717, 1.165) is 23.8 Å². The van der Waals surface area contributed by atoms with Crippen molar-refractivity contribution in [2.24, 2.45) is 0 Å². The molecule has 2 aromatic rings. The van der Waals surface area contributed by atoms with Crippen molar-refractivity contribution >= 4 is 17.6 Å². The summed E-state index contributed by atoms with van der Waals surface area (Å²) in [6, 6.07) is 4.92. The molecule has 0 saturated carbocycles. The molecule has 2 N–H and O–H groups in total. The second-order valence-electron chi connectivity index (χ2n) is 4.72. The maximum Gasteiger partial charge on any atom is 0.335 e. The predicted molar refractivity (Wildman–Crippen MR) is 78.8 cm³/mol. The van der Waals surface area contributed by atoms with E-state index in [2.05, 4.69) is 5.32 Å². The Labute approximate surface area is 126 Å². The van der Waals surface area contributed by atoms with Crippen LogP contribution < -0.4 is 5.32 Å². The number of aryl methyl sites for hydroxylation is 2. The summed E-state index contributed by atoms with van der Waals surface area (Å²) < 4.78 is 19.3. The van der Waals surface area contributed by atoms with Crippen LogP contribution >= 0.6 is 0 Å². The van der Waals surface area contributed by atoms with Gasteiger partial charge in [0.05, 0.1) is 11.3 Å². The molecule has 0 saturated heterocycles. The lowest BCUT2D eigenvalue weighted by molar-refractivity contribution is 0.0696. The first-order valence-electron chi connectivity index (χ1n) is 6.92. The number of furan rings is 1. The zero-order chi connectivity index (χ0) is 16.3. The summed E-state index contributed by atoms with van der Waals surface area (Å²) in [5.74, 6) is -1.78. The molecule has 1 amide bonds. The van der Waals surface area contributed by atoms with Gasteiger partial charge in [-0.15, -0.1) is 0 Å². The van der Waals surface area contributed by atoms with Crippen LogP contribution in [0.2, 0.25) is 0 Å². The van der Waals surface area contributed by atoms with Gasteiger partial charge in [0.25, 0.3) is 5.91 Å². The van der Waals surface area contributed by atoms with E-state index in [0.29, 0.717) is 6.42 Å². The molecule has 0 unspecified atom stereocenters. The SMILES string of the molecule is CCc1cc(C(=O)Nc2ccc(C(=O)O)cc2F)oc1CC. The van der Waals surface area contributed by atoms with Crippen LogP contribution in [0.4, 0.5) is 10.1 Å². The third-order valence-corrected chi connectivity index (χ3v) is 3.29. The first-order valence-corrected chi connectivity index (χ1v) is 6.92. The minimum atomic E-state index is -1.23. The van der Waals surface area contributed by atoms with Gasteiger partial charge in [-0.25, -0.2) is 9.18 Å². The lowest BCUT2D eigenvalue weighted by atomic mass is 10.1. The summed E-state index contributed by atoms with van der Waals surface area (Å²) in [7, 11) is 0. The number of amides is 1. The number of carboxylic acids is 1. The van der Waals surface area contributed by atoms with Gasteiger partial charge in [-0.2, -0.15) is 0 Å².